The summed E-state index contributed by atoms with van der Waals surface area (Å²) >= 11 is 0. The van der Waals surface area contributed by atoms with E-state index in [1.807, 2.05) is 12.1 Å². The monoisotopic (exact) mass is 650 g/mol. The molecule has 1 N–H and O–H groups in total. The molecule has 1 aliphatic rings. The summed E-state index contributed by atoms with van der Waals surface area (Å²) in [5.41, 5.74) is 9.06. The number of para-hydroxylation sites is 2. The minimum atomic E-state index is 0. The number of halogens is 1. The van der Waals surface area contributed by atoms with Crippen LogP contribution >= 0.6 is 0 Å². The van der Waals surface area contributed by atoms with Crippen molar-refractivity contribution >= 4 is 17.6 Å². The maximum absolute atomic E-state index is 8.07. The number of rotatable bonds is 7. The first-order valence-electron chi connectivity index (χ1n) is 13.6. The zero-order chi connectivity index (χ0) is 27.8. The van der Waals surface area contributed by atoms with Crippen LogP contribution < -0.4 is 22.2 Å². The first-order valence-corrected chi connectivity index (χ1v) is 13.6. The summed E-state index contributed by atoms with van der Waals surface area (Å²) in [6.45, 7) is 20.5. The van der Waals surface area contributed by atoms with E-state index in [4.69, 9.17) is 5.21 Å². The number of benzene rings is 3. The third kappa shape index (κ3) is 8.71. The largest absolute Gasteiger partial charge is 2.00 e. The summed E-state index contributed by atoms with van der Waals surface area (Å²) < 4.78 is 0. The summed E-state index contributed by atoms with van der Waals surface area (Å²) in [5.74, 6) is 1.92. The van der Waals surface area contributed by atoms with E-state index in [1.54, 1.807) is 12.1 Å². The van der Waals surface area contributed by atoms with Gasteiger partial charge < -0.3 is 27.4 Å². The molecule has 3 aromatic rings. The predicted octanol–water partition coefficient (Wildman–Crippen LogP) is 6.39. The molecule has 218 valence electrons. The van der Waals surface area contributed by atoms with E-state index in [1.165, 1.54) is 39.8 Å². The number of hydrogen-bond donors (Lipinski definition) is 1. The molecule has 0 fully saturated rings. The van der Waals surface area contributed by atoms with Crippen LogP contribution in [-0.2, 0) is 20.4 Å². The maximum Gasteiger partial charge on any atom is 2.00 e. The smallest absolute Gasteiger partial charge is 1.00 e. The van der Waals surface area contributed by atoms with Crippen molar-refractivity contribution in [3.05, 3.63) is 114 Å². The van der Waals surface area contributed by atoms with Gasteiger partial charge in [-0.25, -0.2) is 0 Å². The van der Waals surface area contributed by atoms with Gasteiger partial charge in [0.1, 0.15) is 0 Å². The molecule has 0 radical (unpaired) electrons. The van der Waals surface area contributed by atoms with Gasteiger partial charge in [0.15, 0.2) is 0 Å². The van der Waals surface area contributed by atoms with E-state index in [0.29, 0.717) is 23.7 Å². The fraction of sp³-hybridized carbons (Fsp3) is 0.353. The predicted molar refractivity (Wildman–Crippen MR) is 162 cm³/mol. The van der Waals surface area contributed by atoms with Crippen LogP contribution in [0.1, 0.15) is 107 Å². The van der Waals surface area contributed by atoms with E-state index < -0.39 is 0 Å². The van der Waals surface area contributed by atoms with Crippen LogP contribution in [0.5, 0.6) is 0 Å². The Morgan fingerprint density at radius 1 is 0.675 bits per heavy atom. The average molecular weight is 652 g/mol. The summed E-state index contributed by atoms with van der Waals surface area (Å²) in [7, 11) is 0. The topological polar surface area (TPSA) is 39.1 Å². The molecule has 0 bridgehead atoms. The second kappa shape index (κ2) is 16.6. The second-order valence-corrected chi connectivity index (χ2v) is 11.0. The van der Waals surface area contributed by atoms with Gasteiger partial charge >= 0.3 is 20.4 Å². The Morgan fingerprint density at radius 2 is 1.07 bits per heavy atom. The molecule has 0 spiro atoms. The van der Waals surface area contributed by atoms with Crippen LogP contribution in [0.3, 0.4) is 0 Å². The van der Waals surface area contributed by atoms with E-state index >= 15 is 0 Å². The van der Waals surface area contributed by atoms with Gasteiger partial charge in [-0.2, -0.15) is 0 Å². The molecule has 0 aliphatic carbocycles. The zero-order valence-corrected chi connectivity index (χ0v) is 27.2. The second-order valence-electron chi connectivity index (χ2n) is 11.0. The fourth-order valence-electron chi connectivity index (χ4n) is 4.79. The molecule has 0 amide bonds. The summed E-state index contributed by atoms with van der Waals surface area (Å²) in [6.07, 6.45) is 5.77. The van der Waals surface area contributed by atoms with Crippen molar-refractivity contribution in [1.82, 2.24) is 0 Å². The van der Waals surface area contributed by atoms with Gasteiger partial charge in [-0.15, -0.1) is 47.7 Å². The molecule has 4 nitrogen and oxygen atoms in total. The Labute approximate surface area is 262 Å². The Balaban J connectivity index is 0.000000622. The van der Waals surface area contributed by atoms with Crippen LogP contribution in [-0.4, -0.2) is 11.4 Å². The van der Waals surface area contributed by atoms with E-state index in [-0.39, 0.29) is 32.8 Å². The standard InChI is InChI=1S/C27H37N2.C7H6NO.ClH.Pd/c1-18(2)22-11-9-12-23(19(3)4)26(22)28-15-16-29(17-28)27-24(20(5)6)13-10-14-25(27)21(7)8;9-8-6-7-4-2-1-3-5-7;;/h9-21H,1-8H3;1-4,6,9H;1H;/q2*-1;;+2/p-1/b;8-6+;;. The first-order chi connectivity index (χ1) is 18.1. The molecule has 0 saturated heterocycles. The normalized spacial score (nSPS) is 12.7. The van der Waals surface area contributed by atoms with Crippen LogP contribution in [0.2, 0.25) is 0 Å². The van der Waals surface area contributed by atoms with Crippen LogP contribution in [0.25, 0.3) is 0 Å². The van der Waals surface area contributed by atoms with Gasteiger partial charge in [-0.3, -0.25) is 0 Å². The molecule has 0 atom stereocenters. The van der Waals surface area contributed by atoms with Crippen molar-refractivity contribution in [3.63, 3.8) is 0 Å². The molecule has 0 aromatic heterocycles. The Kier molecular flexibility index (Phi) is 14.7. The molecule has 1 heterocycles. The SMILES string of the molecule is CC(C)c1cccc(C(C)C)c1N1C=CN(c2c(C(C)C)cccc2C(C)C)[CH-]1.O/N=C/c1[c-]cccc1.[Cl-].[Pd+2]. The molecule has 40 heavy (non-hydrogen) atoms. The van der Waals surface area contributed by atoms with Crippen molar-refractivity contribution in [2.75, 3.05) is 9.80 Å². The quantitative estimate of drug-likeness (QED) is 0.106. The van der Waals surface area contributed by atoms with Gasteiger partial charge in [0.2, 0.25) is 0 Å². The number of hydrogen-bond acceptors (Lipinski definition) is 4. The van der Waals surface area contributed by atoms with Crippen LogP contribution in [0, 0.1) is 12.7 Å². The van der Waals surface area contributed by atoms with Gasteiger partial charge in [-0.1, -0.05) is 91.8 Å². The Bertz CT molecular complexity index is 1120. The molecule has 0 unspecified atom stereocenters. The van der Waals surface area contributed by atoms with Crippen molar-refractivity contribution in [2.24, 2.45) is 5.16 Å². The van der Waals surface area contributed by atoms with Crippen molar-refractivity contribution in [2.45, 2.75) is 79.1 Å². The van der Waals surface area contributed by atoms with Crippen LogP contribution in [0.4, 0.5) is 11.4 Å². The van der Waals surface area contributed by atoms with Gasteiger partial charge in [0, 0.05) is 11.4 Å². The van der Waals surface area contributed by atoms with Crippen LogP contribution in [0.15, 0.2) is 78.2 Å². The number of nitrogens with zero attached hydrogens (tertiary/aromatic N) is 3. The summed E-state index contributed by atoms with van der Waals surface area (Å²) in [4.78, 5) is 4.65. The minimum absolute atomic E-state index is 0. The van der Waals surface area contributed by atoms with E-state index in [0.717, 1.165) is 5.56 Å². The van der Waals surface area contributed by atoms with E-state index in [9.17, 15) is 0 Å². The molecule has 1 aliphatic heterocycles. The third-order valence-electron chi connectivity index (χ3n) is 6.77. The molecule has 0 saturated carbocycles. The van der Waals surface area contributed by atoms with Crippen molar-refractivity contribution in [3.8, 4) is 0 Å². The third-order valence-corrected chi connectivity index (χ3v) is 6.77. The number of anilines is 2. The molecular formula is C34H43ClN3OPd-. The first kappa shape index (κ1) is 35.4. The Morgan fingerprint density at radius 3 is 1.38 bits per heavy atom. The summed E-state index contributed by atoms with van der Waals surface area (Å²) in [6, 6.07) is 23.6. The molecule has 4 rings (SSSR count). The molecule has 6 heteroatoms. The van der Waals surface area contributed by atoms with Gasteiger partial charge in [-0.05, 0) is 64.5 Å². The molecule has 3 aromatic carbocycles. The molecular weight excluding hydrogens is 608 g/mol. The fourth-order valence-corrected chi connectivity index (χ4v) is 4.79. The number of oxime groups is 1. The van der Waals surface area contributed by atoms with E-state index in [2.05, 4.69) is 132 Å². The van der Waals surface area contributed by atoms with Gasteiger partial charge in [0.05, 0.1) is 0 Å². The maximum atomic E-state index is 8.07. The average Bonchev–Trinajstić information content (AvgIpc) is 3.38. The van der Waals surface area contributed by atoms with Crippen molar-refractivity contribution < 1.29 is 38.0 Å². The van der Waals surface area contributed by atoms with Crippen molar-refractivity contribution in [1.29, 1.82) is 0 Å². The minimum Gasteiger partial charge on any atom is -1.00 e. The van der Waals surface area contributed by atoms with Gasteiger partial charge in [0.25, 0.3) is 0 Å². The zero-order valence-electron chi connectivity index (χ0n) is 24.9. The summed E-state index contributed by atoms with van der Waals surface area (Å²) in [5, 5.41) is 10.9. The Hall–Kier alpha value is -2.58.